The fraction of sp³-hybridized carbons (Fsp3) is 0.769. The van der Waals surface area contributed by atoms with Crippen LogP contribution in [0.25, 0.3) is 0 Å². The van der Waals surface area contributed by atoms with E-state index in [4.69, 9.17) is 9.47 Å². The SMILES string of the molecule is CCCOCCn1nnc(C(=O)OCC)c1CCC. The second-order valence-corrected chi connectivity index (χ2v) is 4.19. The molecule has 0 N–H and O–H groups in total. The molecule has 0 bridgehead atoms. The first-order chi connectivity index (χ1) is 9.24. The molecule has 108 valence electrons. The molecule has 0 saturated carbocycles. The first-order valence-electron chi connectivity index (χ1n) is 6.91. The van der Waals surface area contributed by atoms with Crippen LogP contribution in [0.2, 0.25) is 0 Å². The summed E-state index contributed by atoms with van der Waals surface area (Å²) in [6.45, 7) is 8.18. The summed E-state index contributed by atoms with van der Waals surface area (Å²) < 4.78 is 12.2. The van der Waals surface area contributed by atoms with Crippen LogP contribution in [0.5, 0.6) is 0 Å². The third-order valence-electron chi connectivity index (χ3n) is 2.59. The number of aromatic nitrogens is 3. The van der Waals surface area contributed by atoms with Crippen LogP contribution in [-0.2, 0) is 22.4 Å². The Morgan fingerprint density at radius 1 is 1.21 bits per heavy atom. The summed E-state index contributed by atoms with van der Waals surface area (Å²) in [5.74, 6) is -0.397. The zero-order valence-corrected chi connectivity index (χ0v) is 12.0. The van der Waals surface area contributed by atoms with Crippen molar-refractivity contribution in [3.63, 3.8) is 0 Å². The fourth-order valence-electron chi connectivity index (χ4n) is 1.75. The van der Waals surface area contributed by atoms with Crippen molar-refractivity contribution in [2.45, 2.75) is 46.6 Å². The predicted octanol–water partition coefficient (Wildman–Crippen LogP) is 1.83. The molecular weight excluding hydrogens is 246 g/mol. The van der Waals surface area contributed by atoms with Gasteiger partial charge in [-0.15, -0.1) is 5.10 Å². The van der Waals surface area contributed by atoms with Gasteiger partial charge < -0.3 is 9.47 Å². The minimum atomic E-state index is -0.397. The number of ether oxygens (including phenoxy) is 2. The van der Waals surface area contributed by atoms with Gasteiger partial charge in [-0.05, 0) is 19.8 Å². The summed E-state index contributed by atoms with van der Waals surface area (Å²) >= 11 is 0. The van der Waals surface area contributed by atoms with Gasteiger partial charge in [-0.3, -0.25) is 0 Å². The zero-order chi connectivity index (χ0) is 14.1. The van der Waals surface area contributed by atoms with Crippen molar-refractivity contribution in [3.8, 4) is 0 Å². The largest absolute Gasteiger partial charge is 0.461 e. The standard InChI is InChI=1S/C13H23N3O3/c1-4-7-11-12(13(17)19-6-3)14-15-16(11)8-10-18-9-5-2/h4-10H2,1-3H3. The molecule has 19 heavy (non-hydrogen) atoms. The van der Waals surface area contributed by atoms with Crippen LogP contribution in [0.3, 0.4) is 0 Å². The van der Waals surface area contributed by atoms with E-state index in [9.17, 15) is 4.79 Å². The molecule has 0 aliphatic heterocycles. The molecule has 6 heteroatoms. The molecule has 0 aromatic carbocycles. The molecule has 1 rings (SSSR count). The summed E-state index contributed by atoms with van der Waals surface area (Å²) in [7, 11) is 0. The summed E-state index contributed by atoms with van der Waals surface area (Å²) in [6, 6.07) is 0. The first-order valence-corrected chi connectivity index (χ1v) is 6.91. The Kier molecular flexibility index (Phi) is 7.10. The Bertz CT molecular complexity index is 390. The second-order valence-electron chi connectivity index (χ2n) is 4.19. The average molecular weight is 269 g/mol. The third-order valence-corrected chi connectivity index (χ3v) is 2.59. The van der Waals surface area contributed by atoms with Crippen LogP contribution in [0.4, 0.5) is 0 Å². The molecule has 0 fully saturated rings. The molecule has 1 aromatic heterocycles. The molecule has 0 amide bonds. The quantitative estimate of drug-likeness (QED) is 0.505. The van der Waals surface area contributed by atoms with Gasteiger partial charge in [-0.1, -0.05) is 25.5 Å². The second kappa shape index (κ2) is 8.63. The maximum absolute atomic E-state index is 11.8. The monoisotopic (exact) mass is 269 g/mol. The van der Waals surface area contributed by atoms with Gasteiger partial charge in [0.2, 0.25) is 0 Å². The van der Waals surface area contributed by atoms with Crippen LogP contribution in [0, 0.1) is 0 Å². The van der Waals surface area contributed by atoms with Crippen molar-refractivity contribution in [2.75, 3.05) is 19.8 Å². The van der Waals surface area contributed by atoms with Crippen LogP contribution < -0.4 is 0 Å². The van der Waals surface area contributed by atoms with Gasteiger partial charge in [0.1, 0.15) is 0 Å². The third kappa shape index (κ3) is 4.63. The van der Waals surface area contributed by atoms with Gasteiger partial charge in [-0.2, -0.15) is 0 Å². The summed E-state index contributed by atoms with van der Waals surface area (Å²) in [5.41, 5.74) is 1.17. The van der Waals surface area contributed by atoms with Gasteiger partial charge in [0.25, 0.3) is 0 Å². The van der Waals surface area contributed by atoms with Crippen LogP contribution >= 0.6 is 0 Å². The highest BCUT2D eigenvalue weighted by molar-refractivity contribution is 5.88. The van der Waals surface area contributed by atoms with Gasteiger partial charge >= 0.3 is 5.97 Å². The van der Waals surface area contributed by atoms with E-state index in [1.54, 1.807) is 11.6 Å². The Balaban J connectivity index is 2.72. The lowest BCUT2D eigenvalue weighted by molar-refractivity contribution is 0.0517. The molecule has 0 aliphatic carbocycles. The average Bonchev–Trinajstić information content (AvgIpc) is 2.79. The number of esters is 1. The molecule has 0 atom stereocenters. The van der Waals surface area contributed by atoms with Gasteiger partial charge in [0.05, 0.1) is 25.5 Å². The van der Waals surface area contributed by atoms with E-state index in [0.717, 1.165) is 31.6 Å². The molecule has 0 unspecified atom stereocenters. The Labute approximate surface area is 114 Å². The lowest BCUT2D eigenvalue weighted by Crippen LogP contribution is -2.13. The molecule has 0 radical (unpaired) electrons. The minimum Gasteiger partial charge on any atom is -0.461 e. The Hall–Kier alpha value is -1.43. The molecule has 0 aliphatic rings. The highest BCUT2D eigenvalue weighted by Gasteiger charge is 2.19. The van der Waals surface area contributed by atoms with Gasteiger partial charge in [0.15, 0.2) is 5.69 Å². The van der Waals surface area contributed by atoms with Crippen molar-refractivity contribution >= 4 is 5.97 Å². The number of rotatable bonds is 9. The highest BCUT2D eigenvalue weighted by Crippen LogP contribution is 2.10. The number of carbonyl (C=O) groups excluding carboxylic acids is 1. The molecular formula is C13H23N3O3. The smallest absolute Gasteiger partial charge is 0.360 e. The topological polar surface area (TPSA) is 66.2 Å². The normalized spacial score (nSPS) is 10.7. The van der Waals surface area contributed by atoms with E-state index >= 15 is 0 Å². The first kappa shape index (κ1) is 15.6. The number of carbonyl (C=O) groups is 1. The lowest BCUT2D eigenvalue weighted by atomic mass is 10.2. The molecule has 1 heterocycles. The minimum absolute atomic E-state index is 0.333. The van der Waals surface area contributed by atoms with E-state index in [-0.39, 0.29) is 0 Å². The van der Waals surface area contributed by atoms with E-state index in [1.165, 1.54) is 0 Å². The van der Waals surface area contributed by atoms with Gasteiger partial charge in [0, 0.05) is 6.61 Å². The Morgan fingerprint density at radius 2 is 2.00 bits per heavy atom. The molecule has 0 saturated heterocycles. The summed E-state index contributed by atoms with van der Waals surface area (Å²) in [4.78, 5) is 11.8. The molecule has 1 aromatic rings. The zero-order valence-electron chi connectivity index (χ0n) is 12.0. The van der Waals surface area contributed by atoms with Crippen molar-refractivity contribution < 1.29 is 14.3 Å². The van der Waals surface area contributed by atoms with Crippen molar-refractivity contribution in [2.24, 2.45) is 0 Å². The van der Waals surface area contributed by atoms with Crippen LogP contribution in [0.15, 0.2) is 0 Å². The van der Waals surface area contributed by atoms with E-state index in [0.29, 0.717) is 25.5 Å². The molecule has 0 spiro atoms. The highest BCUT2D eigenvalue weighted by atomic mass is 16.5. The van der Waals surface area contributed by atoms with Crippen LogP contribution in [0.1, 0.15) is 49.8 Å². The fourth-order valence-corrected chi connectivity index (χ4v) is 1.75. The van der Waals surface area contributed by atoms with Crippen molar-refractivity contribution in [3.05, 3.63) is 11.4 Å². The maximum atomic E-state index is 11.8. The lowest BCUT2D eigenvalue weighted by Gasteiger charge is -2.07. The molecule has 6 nitrogen and oxygen atoms in total. The van der Waals surface area contributed by atoms with Crippen molar-refractivity contribution in [1.29, 1.82) is 0 Å². The van der Waals surface area contributed by atoms with Gasteiger partial charge in [-0.25, -0.2) is 9.48 Å². The maximum Gasteiger partial charge on any atom is 0.360 e. The number of nitrogens with zero attached hydrogens (tertiary/aromatic N) is 3. The summed E-state index contributed by atoms with van der Waals surface area (Å²) in [5, 5.41) is 7.96. The van der Waals surface area contributed by atoms with E-state index < -0.39 is 5.97 Å². The Morgan fingerprint density at radius 3 is 2.63 bits per heavy atom. The number of hydrogen-bond donors (Lipinski definition) is 0. The number of hydrogen-bond acceptors (Lipinski definition) is 5. The van der Waals surface area contributed by atoms with E-state index in [2.05, 4.69) is 24.2 Å². The van der Waals surface area contributed by atoms with Crippen LogP contribution in [-0.4, -0.2) is 40.8 Å². The predicted molar refractivity (Wildman–Crippen MR) is 71.1 cm³/mol. The van der Waals surface area contributed by atoms with E-state index in [1.807, 2.05) is 0 Å². The van der Waals surface area contributed by atoms with Crippen molar-refractivity contribution in [1.82, 2.24) is 15.0 Å². The summed E-state index contributed by atoms with van der Waals surface area (Å²) in [6.07, 6.45) is 2.68.